The summed E-state index contributed by atoms with van der Waals surface area (Å²) >= 11 is 0. The van der Waals surface area contributed by atoms with Crippen molar-refractivity contribution in [3.8, 4) is 6.07 Å². The van der Waals surface area contributed by atoms with E-state index in [4.69, 9.17) is 5.26 Å². The molecule has 0 aliphatic heterocycles. The maximum atomic E-state index is 12.1. The summed E-state index contributed by atoms with van der Waals surface area (Å²) in [6.45, 7) is 1.94. The number of unbranched alkanes of at least 4 members (excludes halogenated alkanes) is 2. The van der Waals surface area contributed by atoms with E-state index in [1.54, 1.807) is 0 Å². The fourth-order valence-corrected chi connectivity index (χ4v) is 0.653. The Hall–Kier alpha value is -0.650. The maximum Gasteiger partial charge on any atom is 0.332 e. The van der Waals surface area contributed by atoms with Gasteiger partial charge in [-0.15, -0.1) is 0 Å². The first-order valence-electron chi connectivity index (χ1n) is 3.41. The highest BCUT2D eigenvalue weighted by Gasteiger charge is 2.26. The average molecular weight is 147 g/mol. The van der Waals surface area contributed by atoms with Gasteiger partial charge in [0, 0.05) is 6.42 Å². The van der Waals surface area contributed by atoms with Crippen LogP contribution in [0.15, 0.2) is 0 Å². The van der Waals surface area contributed by atoms with Crippen molar-refractivity contribution < 1.29 is 8.78 Å². The van der Waals surface area contributed by atoms with Gasteiger partial charge in [0.05, 0.1) is 0 Å². The molecule has 1 nitrogen and oxygen atoms in total. The molecule has 0 unspecified atom stereocenters. The molecule has 0 fully saturated rings. The third-order valence-electron chi connectivity index (χ3n) is 1.26. The predicted octanol–water partition coefficient (Wildman–Crippen LogP) is 2.73. The molecular weight excluding hydrogens is 136 g/mol. The second-order valence-corrected chi connectivity index (χ2v) is 2.27. The monoisotopic (exact) mass is 147 g/mol. The zero-order valence-corrected chi connectivity index (χ0v) is 6.03. The molecule has 3 heteroatoms. The van der Waals surface area contributed by atoms with Crippen molar-refractivity contribution in [3.63, 3.8) is 0 Å². The van der Waals surface area contributed by atoms with Gasteiger partial charge >= 0.3 is 5.92 Å². The van der Waals surface area contributed by atoms with Crippen molar-refractivity contribution >= 4 is 0 Å². The number of halogens is 2. The van der Waals surface area contributed by atoms with Crippen LogP contribution in [0.5, 0.6) is 0 Å². The Labute approximate surface area is 59.7 Å². The fourth-order valence-electron chi connectivity index (χ4n) is 0.653. The SMILES string of the molecule is CCCCCC(F)(F)C#N. The smallest absolute Gasteiger partial charge is 0.192 e. The number of hydrogen-bond acceptors (Lipinski definition) is 1. The summed E-state index contributed by atoms with van der Waals surface area (Å²) < 4.78 is 24.2. The van der Waals surface area contributed by atoms with E-state index >= 15 is 0 Å². The lowest BCUT2D eigenvalue weighted by Gasteiger charge is -2.04. The quantitative estimate of drug-likeness (QED) is 0.561. The topological polar surface area (TPSA) is 23.8 Å². The van der Waals surface area contributed by atoms with Crippen LogP contribution in [-0.4, -0.2) is 5.92 Å². The number of nitrogens with zero attached hydrogens (tertiary/aromatic N) is 1. The van der Waals surface area contributed by atoms with Crippen LogP contribution >= 0.6 is 0 Å². The molecule has 0 aliphatic rings. The summed E-state index contributed by atoms with van der Waals surface area (Å²) in [6, 6.07) is 0.967. The van der Waals surface area contributed by atoms with Gasteiger partial charge in [0.2, 0.25) is 0 Å². The Morgan fingerprint density at radius 3 is 2.40 bits per heavy atom. The Balaban J connectivity index is 3.40. The molecule has 0 aromatic rings. The molecule has 0 saturated carbocycles. The standard InChI is InChI=1S/C7H11F2N/c1-2-3-4-5-7(8,9)6-10/h2-5H2,1H3. The van der Waals surface area contributed by atoms with Crippen molar-refractivity contribution in [3.05, 3.63) is 0 Å². The number of hydrogen-bond donors (Lipinski definition) is 0. The van der Waals surface area contributed by atoms with Gasteiger partial charge < -0.3 is 0 Å². The minimum Gasteiger partial charge on any atom is -0.192 e. The van der Waals surface area contributed by atoms with E-state index in [0.29, 0.717) is 6.42 Å². The Bertz CT molecular complexity index is 126. The van der Waals surface area contributed by atoms with E-state index in [-0.39, 0.29) is 6.42 Å². The highest BCUT2D eigenvalue weighted by atomic mass is 19.3. The number of nitriles is 1. The van der Waals surface area contributed by atoms with Gasteiger partial charge in [0.25, 0.3) is 0 Å². The molecule has 0 spiro atoms. The molecule has 0 aromatic carbocycles. The zero-order valence-electron chi connectivity index (χ0n) is 6.03. The maximum absolute atomic E-state index is 12.1. The van der Waals surface area contributed by atoms with E-state index in [0.717, 1.165) is 18.9 Å². The van der Waals surface area contributed by atoms with E-state index < -0.39 is 5.92 Å². The average Bonchev–Trinajstić information content (AvgIpc) is 1.89. The Morgan fingerprint density at radius 2 is 2.00 bits per heavy atom. The highest BCUT2D eigenvalue weighted by molar-refractivity contribution is 4.90. The Kier molecular flexibility index (Phi) is 3.94. The van der Waals surface area contributed by atoms with Crippen LogP contribution in [0.1, 0.15) is 32.6 Å². The van der Waals surface area contributed by atoms with Crippen LogP contribution in [0.3, 0.4) is 0 Å². The molecule has 0 atom stereocenters. The van der Waals surface area contributed by atoms with Crippen LogP contribution in [0, 0.1) is 11.3 Å². The Morgan fingerprint density at radius 1 is 1.40 bits per heavy atom. The van der Waals surface area contributed by atoms with Crippen LogP contribution in [0.2, 0.25) is 0 Å². The third kappa shape index (κ3) is 4.25. The second kappa shape index (κ2) is 4.21. The fraction of sp³-hybridized carbons (Fsp3) is 0.857. The molecule has 0 radical (unpaired) electrons. The molecule has 58 valence electrons. The normalized spacial score (nSPS) is 11.0. The summed E-state index contributed by atoms with van der Waals surface area (Å²) in [5, 5.41) is 7.89. The molecule has 0 aliphatic carbocycles. The summed E-state index contributed by atoms with van der Waals surface area (Å²) in [7, 11) is 0. The van der Waals surface area contributed by atoms with Gasteiger partial charge in [-0.3, -0.25) is 0 Å². The molecular formula is C7H11F2N. The molecule has 0 amide bonds. The van der Waals surface area contributed by atoms with Crippen molar-refractivity contribution in [2.45, 2.75) is 38.5 Å². The first-order chi connectivity index (χ1) is 4.62. The van der Waals surface area contributed by atoms with Crippen molar-refractivity contribution in [2.75, 3.05) is 0 Å². The van der Waals surface area contributed by atoms with Crippen molar-refractivity contribution in [2.24, 2.45) is 0 Å². The van der Waals surface area contributed by atoms with E-state index in [2.05, 4.69) is 0 Å². The predicted molar refractivity (Wildman–Crippen MR) is 34.7 cm³/mol. The van der Waals surface area contributed by atoms with Crippen LogP contribution < -0.4 is 0 Å². The van der Waals surface area contributed by atoms with Gasteiger partial charge in [-0.2, -0.15) is 14.0 Å². The van der Waals surface area contributed by atoms with Gasteiger partial charge in [0.15, 0.2) is 0 Å². The summed E-state index contributed by atoms with van der Waals surface area (Å²) in [4.78, 5) is 0. The van der Waals surface area contributed by atoms with E-state index in [1.165, 1.54) is 0 Å². The van der Waals surface area contributed by atoms with E-state index in [9.17, 15) is 8.78 Å². The lowest BCUT2D eigenvalue weighted by molar-refractivity contribution is 0.0514. The first kappa shape index (κ1) is 9.35. The molecule has 0 N–H and O–H groups in total. The molecule has 10 heavy (non-hydrogen) atoms. The van der Waals surface area contributed by atoms with E-state index in [1.807, 2.05) is 6.92 Å². The third-order valence-corrected chi connectivity index (χ3v) is 1.26. The lowest BCUT2D eigenvalue weighted by Crippen LogP contribution is -2.11. The second-order valence-electron chi connectivity index (χ2n) is 2.27. The van der Waals surface area contributed by atoms with Gasteiger partial charge in [-0.25, -0.2) is 0 Å². The van der Waals surface area contributed by atoms with Gasteiger partial charge in [-0.05, 0) is 6.42 Å². The summed E-state index contributed by atoms with van der Waals surface area (Å²) in [5.41, 5.74) is 0. The summed E-state index contributed by atoms with van der Waals surface area (Å²) in [5.74, 6) is -3.10. The molecule has 0 bridgehead atoms. The number of alkyl halides is 2. The number of rotatable bonds is 4. The minimum atomic E-state index is -3.10. The van der Waals surface area contributed by atoms with Crippen LogP contribution in [0.25, 0.3) is 0 Å². The summed E-state index contributed by atoms with van der Waals surface area (Å²) in [6.07, 6.45) is 1.83. The minimum absolute atomic E-state index is 0.294. The zero-order chi connectivity index (χ0) is 8.04. The van der Waals surface area contributed by atoms with Crippen LogP contribution in [-0.2, 0) is 0 Å². The van der Waals surface area contributed by atoms with Crippen molar-refractivity contribution in [1.29, 1.82) is 5.26 Å². The molecule has 0 heterocycles. The van der Waals surface area contributed by atoms with Crippen LogP contribution in [0.4, 0.5) is 8.78 Å². The molecule has 0 saturated heterocycles. The first-order valence-corrected chi connectivity index (χ1v) is 3.41. The largest absolute Gasteiger partial charge is 0.332 e. The highest BCUT2D eigenvalue weighted by Crippen LogP contribution is 2.19. The van der Waals surface area contributed by atoms with Gasteiger partial charge in [0.1, 0.15) is 6.07 Å². The van der Waals surface area contributed by atoms with Crippen molar-refractivity contribution in [1.82, 2.24) is 0 Å². The van der Waals surface area contributed by atoms with Gasteiger partial charge in [-0.1, -0.05) is 19.8 Å². The lowest BCUT2D eigenvalue weighted by atomic mass is 10.1. The molecule has 0 rings (SSSR count). The molecule has 0 aromatic heterocycles.